The molecule has 1 spiro atoms. The van der Waals surface area contributed by atoms with Gasteiger partial charge in [-0.1, -0.05) is 65.7 Å². The molecule has 4 aliphatic rings. The zero-order chi connectivity index (χ0) is 30.7. The minimum atomic E-state index is -0.357. The molecule has 1 fully saturated rings. The zero-order valence-corrected chi connectivity index (χ0v) is 27.3. The molecule has 2 heterocycles. The van der Waals surface area contributed by atoms with Gasteiger partial charge in [-0.25, -0.2) is 0 Å². The number of carbonyl (C=O) groups is 4. The molecular formula is C34H18Cl4O4S2. The van der Waals surface area contributed by atoms with Crippen LogP contribution in [-0.2, 0) is 5.41 Å². The molecule has 0 N–H and O–H groups in total. The largest absolute Gasteiger partial charge is 0.288 e. The van der Waals surface area contributed by atoms with Crippen molar-refractivity contribution in [2.75, 3.05) is 0 Å². The number of halogens is 4. The highest BCUT2D eigenvalue weighted by Gasteiger charge is 2.47. The summed E-state index contributed by atoms with van der Waals surface area (Å²) in [5.74, 6) is -1.43. The quantitative estimate of drug-likeness (QED) is 0.155. The normalized spacial score (nSPS) is 17.8. The van der Waals surface area contributed by atoms with E-state index in [0.717, 1.165) is 51.6 Å². The van der Waals surface area contributed by atoms with E-state index in [1.54, 1.807) is 34.8 Å². The van der Waals surface area contributed by atoms with Gasteiger partial charge in [0.05, 0.1) is 31.2 Å². The van der Waals surface area contributed by atoms with Gasteiger partial charge in [-0.2, -0.15) is 0 Å². The van der Waals surface area contributed by atoms with Crippen LogP contribution in [0.15, 0.2) is 47.5 Å². The molecule has 4 nitrogen and oxygen atoms in total. The van der Waals surface area contributed by atoms with Crippen molar-refractivity contribution in [3.05, 3.63) is 111 Å². The third-order valence-electron chi connectivity index (χ3n) is 9.10. The fraction of sp³-hybridized carbons (Fsp3) is 0.176. The van der Waals surface area contributed by atoms with Crippen molar-refractivity contribution in [3.63, 3.8) is 0 Å². The predicted molar refractivity (Wildman–Crippen MR) is 178 cm³/mol. The monoisotopic (exact) mass is 694 g/mol. The van der Waals surface area contributed by atoms with E-state index in [-0.39, 0.29) is 82.0 Å². The smallest absolute Gasteiger partial charge is 0.197 e. The van der Waals surface area contributed by atoms with Gasteiger partial charge in [0.1, 0.15) is 0 Å². The second kappa shape index (κ2) is 10.1. The Labute approximate surface area is 279 Å². The molecule has 1 saturated carbocycles. The average molecular weight is 696 g/mol. The van der Waals surface area contributed by atoms with Crippen molar-refractivity contribution >= 4 is 104 Å². The van der Waals surface area contributed by atoms with Crippen molar-refractivity contribution in [2.24, 2.45) is 0 Å². The van der Waals surface area contributed by atoms with E-state index in [1.807, 2.05) is 0 Å². The van der Waals surface area contributed by atoms with Crippen LogP contribution in [0, 0.1) is 0 Å². The minimum Gasteiger partial charge on any atom is -0.288 e. The Bertz CT molecular complexity index is 1890. The maximum atomic E-state index is 13.2. The first kappa shape index (κ1) is 28.6. The van der Waals surface area contributed by atoms with Crippen molar-refractivity contribution in [3.8, 4) is 9.75 Å². The first-order valence-corrected chi connectivity index (χ1v) is 17.1. The first-order valence-electron chi connectivity index (χ1n) is 14.0. The van der Waals surface area contributed by atoms with Crippen LogP contribution in [0.2, 0.25) is 20.1 Å². The van der Waals surface area contributed by atoms with Crippen LogP contribution in [0.1, 0.15) is 94.4 Å². The van der Waals surface area contributed by atoms with Crippen molar-refractivity contribution in [1.82, 2.24) is 0 Å². The fourth-order valence-electron chi connectivity index (χ4n) is 7.03. The summed E-state index contributed by atoms with van der Waals surface area (Å²) in [6.45, 7) is 0. The summed E-state index contributed by atoms with van der Waals surface area (Å²) in [6, 6.07) is 10.1. The molecular weight excluding hydrogens is 678 g/mol. The second-order valence-electron chi connectivity index (χ2n) is 11.5. The highest BCUT2D eigenvalue weighted by atomic mass is 35.5. The van der Waals surface area contributed by atoms with Crippen LogP contribution in [-0.4, -0.2) is 23.1 Å². The number of hydrogen-bond donors (Lipinski definition) is 0. The van der Waals surface area contributed by atoms with E-state index >= 15 is 0 Å². The molecule has 0 aliphatic heterocycles. The maximum absolute atomic E-state index is 13.2. The van der Waals surface area contributed by atoms with E-state index in [1.165, 1.54) is 35.4 Å². The topological polar surface area (TPSA) is 68.3 Å². The Morgan fingerprint density at radius 1 is 0.523 bits per heavy atom. The number of ketones is 4. The molecule has 4 aromatic rings. The molecule has 10 heteroatoms. The molecule has 218 valence electrons. The van der Waals surface area contributed by atoms with Gasteiger partial charge in [0, 0.05) is 47.2 Å². The van der Waals surface area contributed by atoms with Gasteiger partial charge >= 0.3 is 0 Å². The van der Waals surface area contributed by atoms with Crippen molar-refractivity contribution in [2.45, 2.75) is 37.5 Å². The summed E-state index contributed by atoms with van der Waals surface area (Å²) < 4.78 is 0. The van der Waals surface area contributed by atoms with Gasteiger partial charge in [-0.3, -0.25) is 19.2 Å². The van der Waals surface area contributed by atoms with Gasteiger partial charge < -0.3 is 0 Å². The zero-order valence-electron chi connectivity index (χ0n) is 22.6. The molecule has 0 radical (unpaired) electrons. The number of fused-ring (bicyclic) bond motifs is 7. The Morgan fingerprint density at radius 2 is 0.864 bits per heavy atom. The highest BCUT2D eigenvalue weighted by molar-refractivity contribution is 7.23. The molecule has 4 aliphatic carbocycles. The third kappa shape index (κ3) is 4.02. The van der Waals surface area contributed by atoms with E-state index in [9.17, 15) is 19.2 Å². The maximum Gasteiger partial charge on any atom is 0.197 e. The molecule has 44 heavy (non-hydrogen) atoms. The number of Topliss-reactive ketones (excluding diaryl/α,β-unsaturated/α-hetero) is 4. The van der Waals surface area contributed by atoms with Gasteiger partial charge in [0.25, 0.3) is 0 Å². The highest BCUT2D eigenvalue weighted by Crippen LogP contribution is 2.61. The van der Waals surface area contributed by atoms with Gasteiger partial charge in [0.15, 0.2) is 23.1 Å². The van der Waals surface area contributed by atoms with E-state index in [4.69, 9.17) is 46.4 Å². The van der Waals surface area contributed by atoms with Crippen LogP contribution < -0.4 is 0 Å². The molecule has 8 rings (SSSR count). The van der Waals surface area contributed by atoms with Crippen LogP contribution in [0.3, 0.4) is 0 Å². The Hall–Kier alpha value is -2.84. The number of benzene rings is 2. The molecule has 0 unspecified atom stereocenters. The average Bonchev–Trinajstić information content (AvgIpc) is 3.77. The molecule has 0 amide bonds. The fourth-order valence-corrected chi connectivity index (χ4v) is 10.2. The van der Waals surface area contributed by atoms with E-state index in [2.05, 4.69) is 12.1 Å². The lowest BCUT2D eigenvalue weighted by molar-refractivity contribution is 0.0975. The summed E-state index contributed by atoms with van der Waals surface area (Å²) >= 11 is 27.7. The molecule has 0 saturated heterocycles. The van der Waals surface area contributed by atoms with Crippen LogP contribution in [0.5, 0.6) is 0 Å². The van der Waals surface area contributed by atoms with Gasteiger partial charge in [-0.05, 0) is 72.5 Å². The van der Waals surface area contributed by atoms with Gasteiger partial charge in [-0.15, -0.1) is 22.7 Å². The number of hydrogen-bond acceptors (Lipinski definition) is 6. The van der Waals surface area contributed by atoms with Crippen LogP contribution >= 0.6 is 69.1 Å². The van der Waals surface area contributed by atoms with E-state index < -0.39 is 0 Å². The summed E-state index contributed by atoms with van der Waals surface area (Å²) in [4.78, 5) is 56.8. The van der Waals surface area contributed by atoms with E-state index in [0.29, 0.717) is 0 Å². The third-order valence-corrected chi connectivity index (χ3v) is 12.9. The lowest BCUT2D eigenvalue weighted by Gasteiger charge is -2.34. The summed E-state index contributed by atoms with van der Waals surface area (Å²) in [7, 11) is 0. The summed E-state index contributed by atoms with van der Waals surface area (Å²) in [6.07, 6.45) is 8.66. The van der Waals surface area contributed by atoms with Crippen LogP contribution in [0.25, 0.3) is 21.9 Å². The van der Waals surface area contributed by atoms with Gasteiger partial charge in [0.2, 0.25) is 0 Å². The number of rotatable bonds is 2. The molecule has 0 bridgehead atoms. The molecule has 0 atom stereocenters. The lowest BCUT2D eigenvalue weighted by Crippen LogP contribution is -2.27. The summed E-state index contributed by atoms with van der Waals surface area (Å²) in [5.41, 5.74) is 3.53. The SMILES string of the molecule is O=C1C(=Cc2cc3c(s2)-c2sc(C=C4C(=O)c5cc(Cl)c(Cl)cc5C4=O)cc2C32CCCCC2)C(=O)c2cc(Cl)c(Cl)cc21. The van der Waals surface area contributed by atoms with Crippen molar-refractivity contribution < 1.29 is 19.2 Å². The second-order valence-corrected chi connectivity index (χ2v) is 15.3. The number of allylic oxidation sites excluding steroid dienone is 2. The minimum absolute atomic E-state index is 0.103. The standard InChI is InChI=1S/C34H18Cl4O4S2/c35-24-10-16-17(11-25(24)36)29(40)20(28(16)39)6-14-8-22-32(43-14)33-23(34(22)4-2-1-3-5-34)9-15(44-33)7-21-30(41)18-12-26(37)27(38)13-19(18)31(21)42/h6-13H,1-5H2. The Morgan fingerprint density at radius 3 is 1.20 bits per heavy atom. The first-order chi connectivity index (χ1) is 21.1. The predicted octanol–water partition coefficient (Wildman–Crippen LogP) is 10.6. The number of carbonyl (C=O) groups excluding carboxylic acids is 4. The molecule has 2 aromatic heterocycles. The van der Waals surface area contributed by atoms with Crippen molar-refractivity contribution in [1.29, 1.82) is 0 Å². The summed E-state index contributed by atoms with van der Waals surface area (Å²) in [5, 5.41) is 0.928. The molecule has 2 aromatic carbocycles. The van der Waals surface area contributed by atoms with Crippen LogP contribution in [0.4, 0.5) is 0 Å². The lowest BCUT2D eigenvalue weighted by atomic mass is 9.68. The Kier molecular flexibility index (Phi) is 6.56. The Balaban J connectivity index is 1.21. The number of thiophene rings is 2.